The maximum absolute atomic E-state index is 13.4. The first kappa shape index (κ1) is 17.7. The van der Waals surface area contributed by atoms with Crippen LogP contribution in [0, 0.1) is 0 Å². The number of aromatic nitrogens is 2. The van der Waals surface area contributed by atoms with Crippen LogP contribution in [0.4, 0.5) is 0 Å². The molecule has 0 aliphatic carbocycles. The Morgan fingerprint density at radius 3 is 2.26 bits per heavy atom. The van der Waals surface area contributed by atoms with Gasteiger partial charge in [-0.3, -0.25) is 0 Å². The Bertz CT molecular complexity index is 1250. The molecular formula is C21H15BrN2O2S. The molecule has 2 aromatic heterocycles. The quantitative estimate of drug-likeness (QED) is 0.431. The van der Waals surface area contributed by atoms with Gasteiger partial charge >= 0.3 is 0 Å². The number of nitrogens with zero attached hydrogens (tertiary/aromatic N) is 2. The summed E-state index contributed by atoms with van der Waals surface area (Å²) in [6, 6.07) is 19.9. The topological polar surface area (TPSA) is 52.0 Å². The van der Waals surface area contributed by atoms with Crippen molar-refractivity contribution in [3.05, 3.63) is 89.7 Å². The van der Waals surface area contributed by atoms with E-state index in [1.165, 1.54) is 3.97 Å². The largest absolute Gasteiger partial charge is 0.269 e. The zero-order valence-corrected chi connectivity index (χ0v) is 16.6. The smallest absolute Gasteiger partial charge is 0.236 e. The number of halogens is 1. The Labute approximate surface area is 166 Å². The summed E-state index contributed by atoms with van der Waals surface area (Å²) in [6.07, 6.45) is 3.17. The van der Waals surface area contributed by atoms with Gasteiger partial charge in [0.1, 0.15) is 0 Å². The lowest BCUT2D eigenvalue weighted by atomic mass is 10.0. The van der Waals surface area contributed by atoms with E-state index in [1.807, 2.05) is 36.4 Å². The summed E-state index contributed by atoms with van der Waals surface area (Å²) in [4.78, 5) is 4.62. The highest BCUT2D eigenvalue weighted by molar-refractivity contribution is 9.10. The van der Waals surface area contributed by atoms with Crippen molar-refractivity contribution in [1.82, 2.24) is 8.96 Å². The van der Waals surface area contributed by atoms with E-state index in [1.54, 1.807) is 42.6 Å². The molecule has 0 N–H and O–H groups in total. The summed E-state index contributed by atoms with van der Waals surface area (Å²) in [7, 11) is -3.84. The van der Waals surface area contributed by atoms with E-state index in [-0.39, 0.29) is 4.90 Å². The van der Waals surface area contributed by atoms with Crippen LogP contribution in [0.25, 0.3) is 28.2 Å². The van der Waals surface area contributed by atoms with Crippen LogP contribution in [0.3, 0.4) is 0 Å². The van der Waals surface area contributed by atoms with Crippen molar-refractivity contribution in [2.45, 2.75) is 4.90 Å². The lowest BCUT2D eigenvalue weighted by Crippen LogP contribution is -2.15. The van der Waals surface area contributed by atoms with Crippen LogP contribution >= 0.6 is 15.9 Å². The van der Waals surface area contributed by atoms with Gasteiger partial charge in [-0.1, -0.05) is 55.1 Å². The molecule has 4 nitrogen and oxygen atoms in total. The van der Waals surface area contributed by atoms with Gasteiger partial charge in [-0.25, -0.2) is 17.4 Å². The highest BCUT2D eigenvalue weighted by Crippen LogP contribution is 2.38. The highest BCUT2D eigenvalue weighted by atomic mass is 79.9. The van der Waals surface area contributed by atoms with Crippen LogP contribution < -0.4 is 0 Å². The van der Waals surface area contributed by atoms with Gasteiger partial charge in [0.05, 0.1) is 10.6 Å². The molecule has 6 heteroatoms. The second-order valence-corrected chi connectivity index (χ2v) is 8.64. The molecular weight excluding hydrogens is 424 g/mol. The minimum atomic E-state index is -3.84. The van der Waals surface area contributed by atoms with Crippen molar-refractivity contribution in [3.63, 3.8) is 0 Å². The molecule has 0 atom stereocenters. The summed E-state index contributed by atoms with van der Waals surface area (Å²) in [5.74, 6) is 0. The molecule has 0 aliphatic rings. The molecule has 0 fully saturated rings. The van der Waals surface area contributed by atoms with E-state index in [4.69, 9.17) is 0 Å². The van der Waals surface area contributed by atoms with Crippen molar-refractivity contribution < 1.29 is 8.42 Å². The van der Waals surface area contributed by atoms with Crippen molar-refractivity contribution in [3.8, 4) is 11.1 Å². The van der Waals surface area contributed by atoms with Crippen molar-refractivity contribution in [2.75, 3.05) is 0 Å². The van der Waals surface area contributed by atoms with Crippen LogP contribution in [0.1, 0.15) is 5.69 Å². The number of fused-ring (bicyclic) bond motifs is 1. The average molecular weight is 439 g/mol. The summed E-state index contributed by atoms with van der Waals surface area (Å²) in [6.45, 7) is 3.88. The number of benzene rings is 2. The fourth-order valence-electron chi connectivity index (χ4n) is 3.17. The molecule has 4 aromatic rings. The van der Waals surface area contributed by atoms with Crippen molar-refractivity contribution >= 4 is 43.1 Å². The van der Waals surface area contributed by atoms with Gasteiger partial charge in [-0.15, -0.1) is 0 Å². The maximum atomic E-state index is 13.4. The van der Waals surface area contributed by atoms with Crippen LogP contribution in [-0.4, -0.2) is 17.4 Å². The van der Waals surface area contributed by atoms with E-state index >= 15 is 0 Å². The standard InChI is InChI=1S/C21H15BrN2O2S/c1-2-19-20(15-9-5-3-6-10-15)18-13-16(22)14-23-21(18)24(19)27(25,26)17-11-7-4-8-12-17/h2-14H,1H2. The summed E-state index contributed by atoms with van der Waals surface area (Å²) >= 11 is 3.44. The highest BCUT2D eigenvalue weighted by Gasteiger charge is 2.27. The Balaban J connectivity index is 2.16. The van der Waals surface area contributed by atoms with Gasteiger partial charge in [0, 0.05) is 21.6 Å². The molecule has 0 saturated carbocycles. The van der Waals surface area contributed by atoms with Crippen molar-refractivity contribution in [2.24, 2.45) is 0 Å². The zero-order valence-electron chi connectivity index (χ0n) is 14.2. The second-order valence-electron chi connectivity index (χ2n) is 5.94. The Hall–Kier alpha value is -2.70. The van der Waals surface area contributed by atoms with E-state index in [2.05, 4.69) is 27.5 Å². The number of rotatable bonds is 4. The monoisotopic (exact) mass is 438 g/mol. The third-order valence-corrected chi connectivity index (χ3v) is 6.46. The normalized spacial score (nSPS) is 11.6. The first-order valence-corrected chi connectivity index (χ1v) is 10.5. The zero-order chi connectivity index (χ0) is 19.0. The second kappa shape index (κ2) is 6.79. The van der Waals surface area contributed by atoms with Crippen LogP contribution in [0.2, 0.25) is 0 Å². The van der Waals surface area contributed by atoms with Gasteiger partial charge in [-0.05, 0) is 45.8 Å². The molecule has 0 radical (unpaired) electrons. The molecule has 0 saturated heterocycles. The Morgan fingerprint density at radius 2 is 1.63 bits per heavy atom. The van der Waals surface area contributed by atoms with E-state index in [0.29, 0.717) is 11.3 Å². The molecule has 2 aromatic carbocycles. The lowest BCUT2D eigenvalue weighted by Gasteiger charge is -2.10. The Kier molecular flexibility index (Phi) is 4.45. The van der Waals surface area contributed by atoms with Crippen LogP contribution in [0.5, 0.6) is 0 Å². The van der Waals surface area contributed by atoms with Gasteiger partial charge in [0.25, 0.3) is 10.0 Å². The van der Waals surface area contributed by atoms with E-state index < -0.39 is 10.0 Å². The SMILES string of the molecule is C=Cc1c(-c2ccccc2)c2cc(Br)cnc2n1S(=O)(=O)c1ccccc1. The predicted molar refractivity (Wildman–Crippen MR) is 112 cm³/mol. The fraction of sp³-hybridized carbons (Fsp3) is 0. The number of hydrogen-bond acceptors (Lipinski definition) is 3. The average Bonchev–Trinajstić information content (AvgIpc) is 3.03. The predicted octanol–water partition coefficient (Wildman–Crippen LogP) is 5.35. The van der Waals surface area contributed by atoms with Gasteiger partial charge < -0.3 is 0 Å². The molecule has 0 amide bonds. The molecule has 4 rings (SSSR count). The van der Waals surface area contributed by atoms with E-state index in [9.17, 15) is 8.42 Å². The summed E-state index contributed by atoms with van der Waals surface area (Å²) in [5, 5.41) is 0.741. The molecule has 27 heavy (non-hydrogen) atoms. The molecule has 2 heterocycles. The minimum absolute atomic E-state index is 0.203. The Morgan fingerprint density at radius 1 is 1.00 bits per heavy atom. The summed E-state index contributed by atoms with van der Waals surface area (Å²) < 4.78 is 28.9. The number of pyridine rings is 1. The minimum Gasteiger partial charge on any atom is -0.236 e. The molecule has 0 bridgehead atoms. The van der Waals surface area contributed by atoms with Crippen molar-refractivity contribution in [1.29, 1.82) is 0 Å². The van der Waals surface area contributed by atoms with Gasteiger partial charge in [0.15, 0.2) is 5.65 Å². The van der Waals surface area contributed by atoms with Gasteiger partial charge in [-0.2, -0.15) is 0 Å². The molecule has 0 spiro atoms. The molecule has 0 unspecified atom stereocenters. The lowest BCUT2D eigenvalue weighted by molar-refractivity contribution is 0.588. The van der Waals surface area contributed by atoms with E-state index in [0.717, 1.165) is 21.0 Å². The first-order chi connectivity index (χ1) is 13.0. The third kappa shape index (κ3) is 2.91. The molecule has 0 aliphatic heterocycles. The maximum Gasteiger partial charge on any atom is 0.269 e. The third-order valence-electron chi connectivity index (χ3n) is 4.31. The van der Waals surface area contributed by atoms with Gasteiger partial charge in [0.2, 0.25) is 0 Å². The molecule has 134 valence electrons. The fourth-order valence-corrected chi connectivity index (χ4v) is 5.01. The number of hydrogen-bond donors (Lipinski definition) is 0. The first-order valence-electron chi connectivity index (χ1n) is 8.22. The van der Waals surface area contributed by atoms with Crippen LogP contribution in [0.15, 0.2) is 88.9 Å². The van der Waals surface area contributed by atoms with Crippen LogP contribution in [-0.2, 0) is 10.0 Å². The summed E-state index contributed by atoms with van der Waals surface area (Å²) in [5.41, 5.74) is 2.55.